The van der Waals surface area contributed by atoms with E-state index >= 15 is 0 Å². The molecule has 3 rings (SSSR count). The van der Waals surface area contributed by atoms with Crippen LogP contribution in [0, 0.1) is 6.92 Å². The zero-order chi connectivity index (χ0) is 16.9. The molecule has 126 valence electrons. The number of benzene rings is 2. The second-order valence-corrected chi connectivity index (χ2v) is 6.49. The number of aryl methyl sites for hydroxylation is 1. The van der Waals surface area contributed by atoms with Gasteiger partial charge in [0.1, 0.15) is 0 Å². The molecule has 5 heteroatoms. The Kier molecular flexibility index (Phi) is 5.26. The number of nitrogens with one attached hydrogen (secondary N) is 1. The number of hydrogen-bond acceptors (Lipinski definition) is 2. The Hall–Kier alpha value is -2.20. The molecule has 0 unspecified atom stereocenters. The molecule has 0 aliphatic carbocycles. The summed E-state index contributed by atoms with van der Waals surface area (Å²) in [5, 5.41) is 3.74. The van der Waals surface area contributed by atoms with Crippen LogP contribution in [-0.4, -0.2) is 37.1 Å². The number of anilines is 1. The molecule has 0 atom stereocenters. The number of halogens is 1. The van der Waals surface area contributed by atoms with E-state index < -0.39 is 0 Å². The molecule has 1 saturated heterocycles. The van der Waals surface area contributed by atoms with Gasteiger partial charge in [0.2, 0.25) is 0 Å². The van der Waals surface area contributed by atoms with Gasteiger partial charge in [-0.1, -0.05) is 48.0 Å². The maximum atomic E-state index is 12.3. The van der Waals surface area contributed by atoms with Crippen LogP contribution in [0.15, 0.2) is 48.5 Å². The molecule has 24 heavy (non-hydrogen) atoms. The largest absolute Gasteiger partial charge is 0.368 e. The van der Waals surface area contributed by atoms with Crippen molar-refractivity contribution in [2.24, 2.45) is 0 Å². The zero-order valence-corrected chi connectivity index (χ0v) is 14.6. The van der Waals surface area contributed by atoms with Gasteiger partial charge in [-0.25, -0.2) is 4.79 Å². The van der Waals surface area contributed by atoms with Gasteiger partial charge in [-0.05, 0) is 30.2 Å². The Morgan fingerprint density at radius 1 is 1.08 bits per heavy atom. The maximum absolute atomic E-state index is 12.3. The van der Waals surface area contributed by atoms with Crippen molar-refractivity contribution >= 4 is 23.3 Å². The van der Waals surface area contributed by atoms with E-state index in [0.717, 1.165) is 29.4 Å². The number of carbonyl (C=O) groups excluding carboxylic acids is 1. The van der Waals surface area contributed by atoms with Crippen molar-refractivity contribution in [1.29, 1.82) is 0 Å². The third kappa shape index (κ3) is 4.01. The predicted molar refractivity (Wildman–Crippen MR) is 98.7 cm³/mol. The minimum Gasteiger partial charge on any atom is -0.368 e. The van der Waals surface area contributed by atoms with Crippen molar-refractivity contribution in [3.05, 3.63) is 64.7 Å². The minimum atomic E-state index is 0.00122. The van der Waals surface area contributed by atoms with Crippen LogP contribution in [0.25, 0.3) is 0 Å². The Morgan fingerprint density at radius 3 is 2.50 bits per heavy atom. The first-order valence-electron chi connectivity index (χ1n) is 8.21. The van der Waals surface area contributed by atoms with Gasteiger partial charge in [0.05, 0.1) is 0 Å². The first-order valence-corrected chi connectivity index (χ1v) is 8.59. The lowest BCUT2D eigenvalue weighted by atomic mass is 10.1. The topological polar surface area (TPSA) is 35.6 Å². The molecule has 2 aromatic carbocycles. The molecule has 1 fully saturated rings. The Labute approximate surface area is 148 Å². The van der Waals surface area contributed by atoms with Crippen LogP contribution < -0.4 is 10.2 Å². The molecule has 4 nitrogen and oxygen atoms in total. The molecule has 1 aliphatic rings. The molecule has 1 N–H and O–H groups in total. The van der Waals surface area contributed by atoms with E-state index in [9.17, 15) is 4.79 Å². The van der Waals surface area contributed by atoms with Crippen LogP contribution >= 0.6 is 11.6 Å². The van der Waals surface area contributed by atoms with Crippen LogP contribution in [-0.2, 0) is 6.54 Å². The highest BCUT2D eigenvalue weighted by atomic mass is 35.5. The Bertz CT molecular complexity index is 697. The Morgan fingerprint density at radius 2 is 1.79 bits per heavy atom. The van der Waals surface area contributed by atoms with Crippen molar-refractivity contribution in [2.45, 2.75) is 13.5 Å². The average Bonchev–Trinajstić information content (AvgIpc) is 2.63. The van der Waals surface area contributed by atoms with Crippen molar-refractivity contribution in [3.63, 3.8) is 0 Å². The fourth-order valence-electron chi connectivity index (χ4n) is 2.96. The van der Waals surface area contributed by atoms with Gasteiger partial charge in [-0.15, -0.1) is 0 Å². The van der Waals surface area contributed by atoms with E-state index in [1.807, 2.05) is 53.4 Å². The van der Waals surface area contributed by atoms with E-state index in [-0.39, 0.29) is 6.03 Å². The fraction of sp³-hybridized carbons (Fsp3) is 0.316. The second-order valence-electron chi connectivity index (χ2n) is 6.05. The summed E-state index contributed by atoms with van der Waals surface area (Å²) in [6.07, 6.45) is 0. The summed E-state index contributed by atoms with van der Waals surface area (Å²) in [6, 6.07) is 15.9. The highest BCUT2D eigenvalue weighted by Crippen LogP contribution is 2.25. The molecular formula is C19H22ClN3O. The minimum absolute atomic E-state index is 0.00122. The SMILES string of the molecule is Cc1ccc(Cl)cc1N1CCN(C(=O)NCc2ccccc2)CC1. The number of piperazine rings is 1. The Balaban J connectivity index is 1.53. The summed E-state index contributed by atoms with van der Waals surface area (Å²) in [6.45, 7) is 5.72. The molecule has 1 heterocycles. The van der Waals surface area contributed by atoms with Crippen LogP contribution in [0.5, 0.6) is 0 Å². The maximum Gasteiger partial charge on any atom is 0.317 e. The highest BCUT2D eigenvalue weighted by Gasteiger charge is 2.22. The summed E-state index contributed by atoms with van der Waals surface area (Å²) in [5.74, 6) is 0. The van der Waals surface area contributed by atoms with Crippen LogP contribution in [0.1, 0.15) is 11.1 Å². The van der Waals surface area contributed by atoms with E-state index in [0.29, 0.717) is 19.6 Å². The molecule has 2 aromatic rings. The van der Waals surface area contributed by atoms with Gasteiger partial charge >= 0.3 is 6.03 Å². The average molecular weight is 344 g/mol. The molecule has 2 amide bonds. The molecule has 0 spiro atoms. The number of urea groups is 1. The third-order valence-electron chi connectivity index (χ3n) is 4.37. The number of rotatable bonds is 3. The van der Waals surface area contributed by atoms with E-state index in [1.54, 1.807) is 0 Å². The summed E-state index contributed by atoms with van der Waals surface area (Å²) in [4.78, 5) is 16.5. The van der Waals surface area contributed by atoms with Gasteiger partial charge < -0.3 is 15.1 Å². The van der Waals surface area contributed by atoms with E-state index in [1.165, 1.54) is 5.56 Å². The summed E-state index contributed by atoms with van der Waals surface area (Å²) in [7, 11) is 0. The van der Waals surface area contributed by atoms with Crippen molar-refractivity contribution in [1.82, 2.24) is 10.2 Å². The van der Waals surface area contributed by atoms with Crippen LogP contribution in [0.3, 0.4) is 0 Å². The highest BCUT2D eigenvalue weighted by molar-refractivity contribution is 6.30. The second kappa shape index (κ2) is 7.58. The third-order valence-corrected chi connectivity index (χ3v) is 4.60. The zero-order valence-electron chi connectivity index (χ0n) is 13.8. The van der Waals surface area contributed by atoms with Crippen LogP contribution in [0.2, 0.25) is 5.02 Å². The van der Waals surface area contributed by atoms with Gasteiger partial charge in [0.15, 0.2) is 0 Å². The smallest absolute Gasteiger partial charge is 0.317 e. The quantitative estimate of drug-likeness (QED) is 0.922. The monoisotopic (exact) mass is 343 g/mol. The summed E-state index contributed by atoms with van der Waals surface area (Å²) in [5.41, 5.74) is 3.48. The van der Waals surface area contributed by atoms with Gasteiger partial charge in [-0.3, -0.25) is 0 Å². The fourth-order valence-corrected chi connectivity index (χ4v) is 3.13. The number of amides is 2. The molecule has 0 saturated carbocycles. The van der Waals surface area contributed by atoms with Gasteiger partial charge in [0, 0.05) is 43.4 Å². The van der Waals surface area contributed by atoms with Crippen molar-refractivity contribution < 1.29 is 4.79 Å². The van der Waals surface area contributed by atoms with Crippen LogP contribution in [0.4, 0.5) is 10.5 Å². The predicted octanol–water partition coefficient (Wildman–Crippen LogP) is 3.68. The van der Waals surface area contributed by atoms with Crippen molar-refractivity contribution in [2.75, 3.05) is 31.1 Å². The molecule has 0 aromatic heterocycles. The molecule has 0 radical (unpaired) electrons. The molecule has 1 aliphatic heterocycles. The normalized spacial score (nSPS) is 14.6. The number of carbonyl (C=O) groups is 1. The van der Waals surface area contributed by atoms with E-state index in [4.69, 9.17) is 11.6 Å². The van der Waals surface area contributed by atoms with Gasteiger partial charge in [0.25, 0.3) is 0 Å². The standard InChI is InChI=1S/C19H22ClN3O/c1-15-7-8-17(20)13-18(15)22-9-11-23(12-10-22)19(24)21-14-16-5-3-2-4-6-16/h2-8,13H,9-12,14H2,1H3,(H,21,24). The molecular weight excluding hydrogens is 322 g/mol. The summed E-state index contributed by atoms with van der Waals surface area (Å²) < 4.78 is 0. The lowest BCUT2D eigenvalue weighted by molar-refractivity contribution is 0.194. The first-order chi connectivity index (χ1) is 11.6. The number of nitrogens with zero attached hydrogens (tertiary/aromatic N) is 2. The van der Waals surface area contributed by atoms with Crippen molar-refractivity contribution in [3.8, 4) is 0 Å². The van der Waals surface area contributed by atoms with E-state index in [2.05, 4.69) is 17.1 Å². The lowest BCUT2D eigenvalue weighted by Gasteiger charge is -2.36. The number of hydrogen-bond donors (Lipinski definition) is 1. The molecule has 0 bridgehead atoms. The lowest BCUT2D eigenvalue weighted by Crippen LogP contribution is -2.51. The first kappa shape index (κ1) is 16.7. The van der Waals surface area contributed by atoms with Gasteiger partial charge in [-0.2, -0.15) is 0 Å². The summed E-state index contributed by atoms with van der Waals surface area (Å²) >= 11 is 6.11.